The van der Waals surface area contributed by atoms with Gasteiger partial charge in [0.05, 0.1) is 16.5 Å². The maximum Gasteiger partial charge on any atom is 0.153 e. The zero-order valence-electron chi connectivity index (χ0n) is 17.6. The van der Waals surface area contributed by atoms with Gasteiger partial charge in [0.1, 0.15) is 27.9 Å². The Morgan fingerprint density at radius 2 is 1.21 bits per heavy atom. The number of hydrogen-bond acceptors (Lipinski definition) is 5. The van der Waals surface area contributed by atoms with E-state index in [0.717, 1.165) is 33.1 Å². The molecule has 0 fully saturated rings. The fourth-order valence-electron chi connectivity index (χ4n) is 4.40. The van der Waals surface area contributed by atoms with Crippen molar-refractivity contribution in [3.63, 3.8) is 0 Å². The van der Waals surface area contributed by atoms with Gasteiger partial charge in [0.15, 0.2) is 11.2 Å². The molecule has 0 aliphatic heterocycles. The molecule has 0 saturated carbocycles. The van der Waals surface area contributed by atoms with E-state index in [0.29, 0.717) is 33.5 Å². The normalized spacial score (nSPS) is 11.4. The van der Waals surface area contributed by atoms with Crippen LogP contribution in [0.5, 0.6) is 5.75 Å². The van der Waals surface area contributed by atoms with Crippen LogP contribution in [0.1, 0.15) is 0 Å². The molecule has 0 aliphatic carbocycles. The minimum Gasteiger partial charge on any atom is -0.507 e. The smallest absolute Gasteiger partial charge is 0.153 e. The fraction of sp³-hybridized carbons (Fsp3) is 0. The summed E-state index contributed by atoms with van der Waals surface area (Å²) in [4.78, 5) is 9.81. The summed E-state index contributed by atoms with van der Waals surface area (Å²) in [5, 5.41) is 12.0. The maximum atomic E-state index is 10.3. The summed E-state index contributed by atoms with van der Waals surface area (Å²) >= 11 is 0. The number of fused-ring (bicyclic) bond motifs is 7. The molecule has 0 unspecified atom stereocenters. The van der Waals surface area contributed by atoms with Crippen molar-refractivity contribution in [2.45, 2.75) is 0 Å². The number of furan rings is 2. The van der Waals surface area contributed by atoms with E-state index >= 15 is 0 Å². The molecular weight excluding hydrogens is 607 g/mol. The van der Waals surface area contributed by atoms with Crippen molar-refractivity contribution in [1.82, 2.24) is 9.97 Å². The molecule has 0 aliphatic rings. The van der Waals surface area contributed by atoms with Crippen molar-refractivity contribution in [2.75, 3.05) is 0 Å². The van der Waals surface area contributed by atoms with Crippen molar-refractivity contribution in [1.29, 1.82) is 0 Å². The topological polar surface area (TPSA) is 72.3 Å². The van der Waals surface area contributed by atoms with Crippen LogP contribution in [0.2, 0.25) is 0 Å². The first-order valence-corrected chi connectivity index (χ1v) is 10.6. The summed E-state index contributed by atoms with van der Waals surface area (Å²) in [6.45, 7) is 0. The van der Waals surface area contributed by atoms with Crippen LogP contribution in [0, 0.1) is 6.07 Å². The quantitative estimate of drug-likeness (QED) is 0.208. The molecule has 0 atom stereocenters. The molecule has 5 nitrogen and oxygen atoms in total. The van der Waals surface area contributed by atoms with Gasteiger partial charge in [0.2, 0.25) is 0 Å². The number of para-hydroxylation sites is 1. The van der Waals surface area contributed by atoms with E-state index in [-0.39, 0.29) is 26.8 Å². The van der Waals surface area contributed by atoms with Gasteiger partial charge in [-0.15, -0.1) is 35.9 Å². The number of phenols is 1. The number of hydrogen-bond donors (Lipinski definition) is 1. The van der Waals surface area contributed by atoms with E-state index in [1.807, 2.05) is 72.8 Å². The van der Waals surface area contributed by atoms with Crippen molar-refractivity contribution < 1.29 is 35.0 Å². The summed E-state index contributed by atoms with van der Waals surface area (Å²) < 4.78 is 12.2. The van der Waals surface area contributed by atoms with Gasteiger partial charge in [-0.3, -0.25) is 4.98 Å². The second-order valence-corrected chi connectivity index (χ2v) is 7.90. The third kappa shape index (κ3) is 3.05. The Bertz CT molecular complexity index is 1840. The molecule has 7 rings (SSSR count). The van der Waals surface area contributed by atoms with Crippen LogP contribution >= 0.6 is 0 Å². The number of aromatic nitrogens is 2. The van der Waals surface area contributed by atoms with E-state index in [1.54, 1.807) is 12.1 Å². The van der Waals surface area contributed by atoms with Gasteiger partial charge in [-0.25, -0.2) is 4.98 Å². The molecule has 4 aromatic heterocycles. The van der Waals surface area contributed by atoms with Crippen LogP contribution < -0.4 is 0 Å². The molecule has 34 heavy (non-hydrogen) atoms. The van der Waals surface area contributed by atoms with Crippen molar-refractivity contribution in [3.05, 3.63) is 91.0 Å². The van der Waals surface area contributed by atoms with Gasteiger partial charge in [0, 0.05) is 26.6 Å². The molecule has 6 heteroatoms. The van der Waals surface area contributed by atoms with Crippen LogP contribution in [0.25, 0.3) is 66.7 Å². The molecular formula is C28H15N2O3Pt-. The largest absolute Gasteiger partial charge is 0.507 e. The fourth-order valence-corrected chi connectivity index (χ4v) is 4.40. The molecule has 0 amide bonds. The molecule has 0 saturated heterocycles. The molecule has 166 valence electrons. The molecule has 3 aromatic carbocycles. The first-order valence-electron chi connectivity index (χ1n) is 10.6. The van der Waals surface area contributed by atoms with E-state index in [2.05, 4.69) is 6.07 Å². The maximum absolute atomic E-state index is 10.3. The van der Waals surface area contributed by atoms with Gasteiger partial charge < -0.3 is 13.9 Å². The Balaban J connectivity index is 0.00000217. The Labute approximate surface area is 207 Å². The van der Waals surface area contributed by atoms with Crippen LogP contribution in [-0.4, -0.2) is 15.1 Å². The average Bonchev–Trinajstić information content (AvgIpc) is 3.41. The van der Waals surface area contributed by atoms with Gasteiger partial charge in [-0.05, 0) is 48.2 Å². The number of rotatable bonds is 2. The van der Waals surface area contributed by atoms with E-state index in [1.165, 1.54) is 0 Å². The van der Waals surface area contributed by atoms with Crippen molar-refractivity contribution >= 4 is 44.1 Å². The predicted octanol–water partition coefficient (Wildman–Crippen LogP) is 7.11. The number of aromatic hydroxyl groups is 1. The van der Waals surface area contributed by atoms with Crippen molar-refractivity contribution in [2.24, 2.45) is 0 Å². The number of benzene rings is 3. The molecule has 4 heterocycles. The van der Waals surface area contributed by atoms with Gasteiger partial charge in [-0.2, -0.15) is 0 Å². The minimum atomic E-state index is 0. The van der Waals surface area contributed by atoms with E-state index in [4.69, 9.17) is 18.8 Å². The van der Waals surface area contributed by atoms with Gasteiger partial charge >= 0.3 is 0 Å². The van der Waals surface area contributed by atoms with Crippen molar-refractivity contribution in [3.8, 4) is 28.3 Å². The third-order valence-corrected chi connectivity index (χ3v) is 5.92. The summed E-state index contributed by atoms with van der Waals surface area (Å²) in [7, 11) is 0. The SMILES string of the molecule is Oc1ccccc1-c1ccc2oc3ccc4oc5ccc(-c6[c-]cccc6)nc5c4c3c2n1.[Pt]. The molecule has 7 aromatic rings. The zero-order chi connectivity index (χ0) is 21.9. The number of nitrogens with zero attached hydrogens (tertiary/aromatic N) is 2. The van der Waals surface area contributed by atoms with Gasteiger partial charge in [-0.1, -0.05) is 18.2 Å². The Hall–Kier alpha value is -3.95. The van der Waals surface area contributed by atoms with E-state index in [9.17, 15) is 5.11 Å². The first-order chi connectivity index (χ1) is 16.3. The standard InChI is InChI=1S/C28H15N2O3.Pt/c31-20-9-5-4-8-17(20)19-11-13-24-28(30-19)26-22(33-24)15-14-21-25(26)27-23(32-21)12-10-18(29-27)16-6-2-1-3-7-16;/h1-6,8-15,31H;/q-1;. The monoisotopic (exact) mass is 622 g/mol. The molecule has 0 bridgehead atoms. The van der Waals surface area contributed by atoms with Crippen LogP contribution in [0.15, 0.2) is 93.8 Å². The van der Waals surface area contributed by atoms with Gasteiger partial charge in [0.25, 0.3) is 0 Å². The second kappa shape index (κ2) is 7.82. The molecule has 0 spiro atoms. The third-order valence-electron chi connectivity index (χ3n) is 5.92. The Morgan fingerprint density at radius 3 is 1.85 bits per heavy atom. The van der Waals surface area contributed by atoms with Crippen LogP contribution in [0.3, 0.4) is 0 Å². The zero-order valence-corrected chi connectivity index (χ0v) is 19.8. The molecule has 1 N–H and O–H groups in total. The summed E-state index contributed by atoms with van der Waals surface area (Å²) in [6.07, 6.45) is 0. The number of phenolic OH excluding ortho intramolecular Hbond substituents is 1. The Kier molecular flexibility index (Phi) is 4.75. The Morgan fingerprint density at radius 1 is 0.618 bits per heavy atom. The summed E-state index contributed by atoms with van der Waals surface area (Å²) in [6, 6.07) is 29.6. The van der Waals surface area contributed by atoms with Crippen LogP contribution in [-0.2, 0) is 21.1 Å². The minimum absolute atomic E-state index is 0. The first kappa shape index (κ1) is 20.6. The van der Waals surface area contributed by atoms with E-state index < -0.39 is 0 Å². The predicted molar refractivity (Wildman–Crippen MR) is 128 cm³/mol. The summed E-state index contributed by atoms with van der Waals surface area (Å²) in [5.74, 6) is 0.182. The van der Waals surface area contributed by atoms with Crippen LogP contribution in [0.4, 0.5) is 0 Å². The number of pyridine rings is 2. The summed E-state index contributed by atoms with van der Waals surface area (Å²) in [5.41, 5.74) is 7.31. The molecule has 0 radical (unpaired) electrons. The second-order valence-electron chi connectivity index (χ2n) is 7.90. The average molecular weight is 623 g/mol.